The molecule has 0 bridgehead atoms. The first kappa shape index (κ1) is 14.0. The van der Waals surface area contributed by atoms with E-state index in [-0.39, 0.29) is 0 Å². The molecule has 2 aromatic rings. The van der Waals surface area contributed by atoms with Crippen LogP contribution in [0.4, 0.5) is 5.82 Å². The summed E-state index contributed by atoms with van der Waals surface area (Å²) in [6.45, 7) is 2.19. The molecule has 1 atom stereocenters. The Balaban J connectivity index is 2.12. The van der Waals surface area contributed by atoms with Gasteiger partial charge >= 0.3 is 0 Å². The second-order valence-electron chi connectivity index (χ2n) is 4.49. The van der Waals surface area contributed by atoms with E-state index in [2.05, 4.69) is 34.3 Å². The van der Waals surface area contributed by atoms with Crippen molar-refractivity contribution in [2.45, 2.75) is 19.4 Å². The number of hydrogen-bond donors (Lipinski definition) is 1. The molecule has 2 heterocycles. The van der Waals surface area contributed by atoms with Crippen molar-refractivity contribution in [1.82, 2.24) is 4.98 Å². The number of likely N-dealkylation sites (N-methyl/N-ethyl adjacent to an activating group) is 1. The first-order valence-electron chi connectivity index (χ1n) is 6.10. The molecule has 5 heteroatoms. The summed E-state index contributed by atoms with van der Waals surface area (Å²) in [5.74, 6) is 0.898. The largest absolute Gasteiger partial charge is 0.388 e. The fourth-order valence-electron chi connectivity index (χ4n) is 1.84. The Bertz CT molecular complexity index is 552. The lowest BCUT2D eigenvalue weighted by Crippen LogP contribution is -2.31. The smallest absolute Gasteiger partial charge is 0.129 e. The van der Waals surface area contributed by atoms with E-state index in [1.807, 2.05) is 25.2 Å². The normalized spacial score (nSPS) is 12.1. The van der Waals surface area contributed by atoms with Crippen LogP contribution in [0.3, 0.4) is 0 Å². The lowest BCUT2D eigenvalue weighted by molar-refractivity contribution is 0.680. The van der Waals surface area contributed by atoms with Crippen LogP contribution in [0.1, 0.15) is 17.5 Å². The van der Waals surface area contributed by atoms with E-state index in [4.69, 9.17) is 18.0 Å². The van der Waals surface area contributed by atoms with Crippen LogP contribution in [-0.4, -0.2) is 23.1 Å². The molecule has 0 aliphatic carbocycles. The maximum atomic E-state index is 5.62. The lowest BCUT2D eigenvalue weighted by Gasteiger charge is -2.26. The van der Waals surface area contributed by atoms with Crippen molar-refractivity contribution < 1.29 is 0 Å². The predicted molar refractivity (Wildman–Crippen MR) is 86.0 cm³/mol. The lowest BCUT2D eigenvalue weighted by atomic mass is 10.2. The second kappa shape index (κ2) is 6.12. The van der Waals surface area contributed by atoms with E-state index in [0.29, 0.717) is 16.7 Å². The van der Waals surface area contributed by atoms with Gasteiger partial charge in [-0.3, -0.25) is 0 Å². The highest BCUT2D eigenvalue weighted by atomic mass is 32.1. The third kappa shape index (κ3) is 3.52. The SMILES string of the molecule is CC(Cc1cccs1)N(C)c1cccc(C(N)=S)n1. The molecule has 0 spiro atoms. The Morgan fingerprint density at radius 2 is 2.21 bits per heavy atom. The third-order valence-corrected chi connectivity index (χ3v) is 4.19. The van der Waals surface area contributed by atoms with Crippen molar-refractivity contribution in [1.29, 1.82) is 0 Å². The molecule has 0 saturated heterocycles. The molecule has 0 aliphatic heterocycles. The average molecular weight is 291 g/mol. The molecule has 19 heavy (non-hydrogen) atoms. The molecule has 3 nitrogen and oxygen atoms in total. The van der Waals surface area contributed by atoms with E-state index >= 15 is 0 Å². The topological polar surface area (TPSA) is 42.1 Å². The molecule has 0 saturated carbocycles. The van der Waals surface area contributed by atoms with Gasteiger partial charge in [0, 0.05) is 24.4 Å². The molecule has 2 N–H and O–H groups in total. The Hall–Kier alpha value is -1.46. The molecule has 0 radical (unpaired) electrons. The number of nitrogens with two attached hydrogens (primary N) is 1. The maximum Gasteiger partial charge on any atom is 0.129 e. The van der Waals surface area contributed by atoms with Gasteiger partial charge in [-0.25, -0.2) is 4.98 Å². The molecular formula is C14H17N3S2. The minimum atomic E-state index is 0.334. The van der Waals surface area contributed by atoms with E-state index in [1.165, 1.54) is 4.88 Å². The minimum Gasteiger partial charge on any atom is -0.388 e. The van der Waals surface area contributed by atoms with Gasteiger partial charge in [0.25, 0.3) is 0 Å². The van der Waals surface area contributed by atoms with Crippen LogP contribution >= 0.6 is 23.6 Å². The highest BCUT2D eigenvalue weighted by molar-refractivity contribution is 7.80. The fourth-order valence-corrected chi connectivity index (χ4v) is 2.78. The van der Waals surface area contributed by atoms with Crippen molar-refractivity contribution in [3.05, 3.63) is 46.3 Å². The second-order valence-corrected chi connectivity index (χ2v) is 5.96. The summed E-state index contributed by atoms with van der Waals surface area (Å²) in [5, 5.41) is 2.10. The minimum absolute atomic E-state index is 0.334. The summed E-state index contributed by atoms with van der Waals surface area (Å²) in [7, 11) is 2.05. The number of thiocarbonyl (C=S) groups is 1. The van der Waals surface area contributed by atoms with Crippen molar-refractivity contribution >= 4 is 34.4 Å². The number of rotatable bonds is 5. The van der Waals surface area contributed by atoms with Crippen LogP contribution in [0.5, 0.6) is 0 Å². The molecule has 0 fully saturated rings. The van der Waals surface area contributed by atoms with Gasteiger partial charge < -0.3 is 10.6 Å². The van der Waals surface area contributed by atoms with Crippen molar-refractivity contribution in [3.63, 3.8) is 0 Å². The van der Waals surface area contributed by atoms with Crippen LogP contribution in [-0.2, 0) is 6.42 Å². The van der Waals surface area contributed by atoms with E-state index < -0.39 is 0 Å². The highest BCUT2D eigenvalue weighted by Crippen LogP contribution is 2.18. The molecule has 0 aliphatic rings. The van der Waals surface area contributed by atoms with Gasteiger partial charge in [-0.2, -0.15) is 0 Å². The Morgan fingerprint density at radius 1 is 1.42 bits per heavy atom. The molecule has 1 unspecified atom stereocenters. The van der Waals surface area contributed by atoms with Crippen molar-refractivity contribution in [3.8, 4) is 0 Å². The summed E-state index contributed by atoms with van der Waals surface area (Å²) < 4.78 is 0. The number of pyridine rings is 1. The molecule has 0 aromatic carbocycles. The quantitative estimate of drug-likeness (QED) is 0.860. The van der Waals surface area contributed by atoms with Gasteiger partial charge in [0.15, 0.2) is 0 Å². The van der Waals surface area contributed by atoms with E-state index in [1.54, 1.807) is 11.3 Å². The first-order valence-corrected chi connectivity index (χ1v) is 7.39. The molecule has 0 amide bonds. The fraction of sp³-hybridized carbons (Fsp3) is 0.286. The number of anilines is 1. The number of nitrogens with zero attached hydrogens (tertiary/aromatic N) is 2. The third-order valence-electron chi connectivity index (χ3n) is 3.09. The van der Waals surface area contributed by atoms with Gasteiger partial charge in [-0.15, -0.1) is 11.3 Å². The van der Waals surface area contributed by atoms with Crippen LogP contribution in [0.15, 0.2) is 35.7 Å². The van der Waals surface area contributed by atoms with Crippen LogP contribution in [0, 0.1) is 0 Å². The highest BCUT2D eigenvalue weighted by Gasteiger charge is 2.13. The summed E-state index contributed by atoms with van der Waals surface area (Å²) in [5.41, 5.74) is 6.29. The number of thiophene rings is 1. The zero-order chi connectivity index (χ0) is 13.8. The van der Waals surface area contributed by atoms with Gasteiger partial charge in [0.05, 0.1) is 5.69 Å². The van der Waals surface area contributed by atoms with Gasteiger partial charge in [-0.1, -0.05) is 24.4 Å². The zero-order valence-electron chi connectivity index (χ0n) is 11.0. The van der Waals surface area contributed by atoms with Gasteiger partial charge in [-0.05, 0) is 30.5 Å². The summed E-state index contributed by atoms with van der Waals surface area (Å²) in [6, 6.07) is 10.4. The predicted octanol–water partition coefficient (Wildman–Crippen LogP) is 2.84. The molecule has 2 aromatic heterocycles. The average Bonchev–Trinajstić information content (AvgIpc) is 2.90. The Morgan fingerprint density at radius 3 is 2.84 bits per heavy atom. The molecule has 100 valence electrons. The van der Waals surface area contributed by atoms with Crippen molar-refractivity contribution in [2.24, 2.45) is 5.73 Å². The maximum absolute atomic E-state index is 5.62. The van der Waals surface area contributed by atoms with E-state index in [9.17, 15) is 0 Å². The molecular weight excluding hydrogens is 274 g/mol. The van der Waals surface area contributed by atoms with Gasteiger partial charge in [0.2, 0.25) is 0 Å². The van der Waals surface area contributed by atoms with Gasteiger partial charge in [0.1, 0.15) is 10.8 Å². The number of hydrogen-bond acceptors (Lipinski definition) is 4. The summed E-state index contributed by atoms with van der Waals surface area (Å²) in [6.07, 6.45) is 1.01. The first-order chi connectivity index (χ1) is 9.08. The van der Waals surface area contributed by atoms with Crippen LogP contribution in [0.25, 0.3) is 0 Å². The standard InChI is InChI=1S/C14H17N3S2/c1-10(9-11-5-4-8-19-11)17(2)13-7-3-6-12(16-13)14(15)18/h3-8,10H,9H2,1-2H3,(H2,15,18). The summed E-state index contributed by atoms with van der Waals surface area (Å²) in [4.78, 5) is 8.35. The van der Waals surface area contributed by atoms with Crippen LogP contribution in [0.2, 0.25) is 0 Å². The monoisotopic (exact) mass is 291 g/mol. The zero-order valence-corrected chi connectivity index (χ0v) is 12.7. The Labute approximate surface area is 123 Å². The van der Waals surface area contributed by atoms with Crippen LogP contribution < -0.4 is 10.6 Å². The number of aromatic nitrogens is 1. The Kier molecular flexibility index (Phi) is 4.50. The van der Waals surface area contributed by atoms with E-state index in [0.717, 1.165) is 12.2 Å². The molecule has 2 rings (SSSR count). The summed E-state index contributed by atoms with van der Waals surface area (Å²) >= 11 is 6.75. The van der Waals surface area contributed by atoms with Crippen molar-refractivity contribution in [2.75, 3.05) is 11.9 Å².